The Hall–Kier alpha value is -2.90. The van der Waals surface area contributed by atoms with Gasteiger partial charge in [0.2, 0.25) is 5.91 Å². The summed E-state index contributed by atoms with van der Waals surface area (Å²) in [6.07, 6.45) is 0.0366. The second-order valence-electron chi connectivity index (χ2n) is 5.09. The number of aliphatic carboxylic acids is 1. The molecular weight excluding hydrogens is 302 g/mol. The molecule has 0 spiro atoms. The van der Waals surface area contributed by atoms with Gasteiger partial charge in [0.1, 0.15) is 6.04 Å². The van der Waals surface area contributed by atoms with Crippen LogP contribution in [0.3, 0.4) is 0 Å². The molecule has 0 aliphatic carbocycles. The first kappa shape index (κ1) is 16.5. The van der Waals surface area contributed by atoms with E-state index >= 15 is 0 Å². The summed E-state index contributed by atoms with van der Waals surface area (Å²) >= 11 is 0. The zero-order chi connectivity index (χ0) is 17.0. The van der Waals surface area contributed by atoms with E-state index in [1.165, 1.54) is 6.92 Å². The molecule has 1 heterocycles. The van der Waals surface area contributed by atoms with Gasteiger partial charge in [-0.1, -0.05) is 12.1 Å². The third-order valence-corrected chi connectivity index (χ3v) is 3.46. The van der Waals surface area contributed by atoms with Crippen LogP contribution in [0, 0.1) is 0 Å². The van der Waals surface area contributed by atoms with Crippen LogP contribution in [0.5, 0.6) is 0 Å². The van der Waals surface area contributed by atoms with E-state index in [2.05, 4.69) is 10.3 Å². The lowest BCUT2D eigenvalue weighted by atomic mass is 10.2. The van der Waals surface area contributed by atoms with Gasteiger partial charge in [-0.2, -0.15) is 0 Å². The van der Waals surface area contributed by atoms with Gasteiger partial charge in [0.25, 0.3) is 5.56 Å². The number of benzene rings is 1. The van der Waals surface area contributed by atoms with Gasteiger partial charge in [0, 0.05) is 12.5 Å². The standard InChI is InChI=1S/C15H17N3O5/c1-9(13(21)16-8-4-7-12(19)20)18-14(22)10-5-2-3-6-11(10)17-15(18)23/h2-3,5-6,9H,4,7-8H2,1H3,(H,16,21)(H,17,23)(H,19,20)/p-1/t9-/m0/s1. The van der Waals surface area contributed by atoms with Gasteiger partial charge in [-0.05, 0) is 31.9 Å². The number of carbonyl (C=O) groups excluding carboxylic acids is 2. The third kappa shape index (κ3) is 3.65. The second kappa shape index (κ2) is 6.91. The van der Waals surface area contributed by atoms with E-state index in [1.54, 1.807) is 24.3 Å². The second-order valence-corrected chi connectivity index (χ2v) is 5.09. The molecule has 1 atom stereocenters. The smallest absolute Gasteiger partial charge is 0.329 e. The van der Waals surface area contributed by atoms with Crippen LogP contribution in [0.4, 0.5) is 0 Å². The third-order valence-electron chi connectivity index (χ3n) is 3.46. The molecule has 0 fully saturated rings. The van der Waals surface area contributed by atoms with Crippen molar-refractivity contribution in [2.75, 3.05) is 6.54 Å². The molecule has 23 heavy (non-hydrogen) atoms. The molecule has 8 nitrogen and oxygen atoms in total. The molecule has 0 unspecified atom stereocenters. The molecule has 2 rings (SSSR count). The largest absolute Gasteiger partial charge is 0.550 e. The minimum Gasteiger partial charge on any atom is -0.550 e. The fraction of sp³-hybridized carbons (Fsp3) is 0.333. The Labute approximate surface area is 130 Å². The van der Waals surface area contributed by atoms with E-state index in [0.29, 0.717) is 10.9 Å². The Balaban J connectivity index is 2.22. The molecule has 0 bridgehead atoms. The summed E-state index contributed by atoms with van der Waals surface area (Å²) in [6.45, 7) is 1.55. The molecule has 8 heteroatoms. The number of carbonyl (C=O) groups is 2. The maximum Gasteiger partial charge on any atom is 0.329 e. The number of aromatic nitrogens is 2. The normalized spacial score (nSPS) is 12.0. The van der Waals surface area contributed by atoms with Crippen LogP contribution in [0.15, 0.2) is 33.9 Å². The lowest BCUT2D eigenvalue weighted by Gasteiger charge is -2.15. The number of para-hydroxylation sites is 1. The van der Waals surface area contributed by atoms with Crippen molar-refractivity contribution in [3.05, 3.63) is 45.1 Å². The predicted molar refractivity (Wildman–Crippen MR) is 80.8 cm³/mol. The molecular formula is C15H16N3O5-. The molecule has 2 N–H and O–H groups in total. The molecule has 1 amide bonds. The SMILES string of the molecule is C[C@@H](C(=O)NCCCC(=O)[O-])n1c(=O)[nH]c2ccccc2c1=O. The van der Waals surface area contributed by atoms with Crippen molar-refractivity contribution in [3.8, 4) is 0 Å². The van der Waals surface area contributed by atoms with Gasteiger partial charge in [0.15, 0.2) is 0 Å². The molecule has 0 radical (unpaired) electrons. The van der Waals surface area contributed by atoms with E-state index in [4.69, 9.17) is 0 Å². The first-order valence-electron chi connectivity index (χ1n) is 7.13. The highest BCUT2D eigenvalue weighted by Gasteiger charge is 2.19. The number of H-pyrrole nitrogens is 1. The zero-order valence-corrected chi connectivity index (χ0v) is 12.5. The van der Waals surface area contributed by atoms with Gasteiger partial charge in [0.05, 0.1) is 10.9 Å². The average Bonchev–Trinajstić information content (AvgIpc) is 2.51. The molecule has 2 aromatic rings. The minimum atomic E-state index is -1.20. The highest BCUT2D eigenvalue weighted by Crippen LogP contribution is 2.06. The Morgan fingerprint density at radius 2 is 2.00 bits per heavy atom. The van der Waals surface area contributed by atoms with Crippen LogP contribution >= 0.6 is 0 Å². The summed E-state index contributed by atoms with van der Waals surface area (Å²) in [5.74, 6) is -1.74. The molecule has 0 aliphatic rings. The van der Waals surface area contributed by atoms with Gasteiger partial charge >= 0.3 is 5.69 Å². The van der Waals surface area contributed by atoms with Crippen molar-refractivity contribution >= 4 is 22.8 Å². The number of fused-ring (bicyclic) bond motifs is 1. The van der Waals surface area contributed by atoms with Crippen molar-refractivity contribution in [1.82, 2.24) is 14.9 Å². The van der Waals surface area contributed by atoms with Crippen molar-refractivity contribution < 1.29 is 14.7 Å². The van der Waals surface area contributed by atoms with Crippen LogP contribution in [0.2, 0.25) is 0 Å². The lowest BCUT2D eigenvalue weighted by Crippen LogP contribution is -2.43. The van der Waals surface area contributed by atoms with Crippen LogP contribution < -0.4 is 21.7 Å². The van der Waals surface area contributed by atoms with Gasteiger partial charge in [-0.3, -0.25) is 9.59 Å². The fourth-order valence-electron chi connectivity index (χ4n) is 2.24. The summed E-state index contributed by atoms with van der Waals surface area (Å²) in [6, 6.07) is 5.51. The number of hydrogen-bond acceptors (Lipinski definition) is 5. The number of carboxylic acid groups (broad SMARTS) is 1. The number of nitrogens with one attached hydrogen (secondary N) is 2. The number of amides is 1. The number of hydrogen-bond donors (Lipinski definition) is 2. The Kier molecular flexibility index (Phi) is 4.95. The fourth-order valence-corrected chi connectivity index (χ4v) is 2.24. The molecule has 1 aromatic carbocycles. The summed E-state index contributed by atoms with van der Waals surface area (Å²) in [4.78, 5) is 49.4. The molecule has 0 saturated carbocycles. The quantitative estimate of drug-likeness (QED) is 0.654. The number of aromatic amines is 1. The van der Waals surface area contributed by atoms with Gasteiger partial charge in [-0.15, -0.1) is 0 Å². The van der Waals surface area contributed by atoms with E-state index in [-0.39, 0.29) is 19.4 Å². The van der Waals surface area contributed by atoms with Gasteiger partial charge < -0.3 is 20.2 Å². The summed E-state index contributed by atoms with van der Waals surface area (Å²) in [5, 5.41) is 13.1. The summed E-state index contributed by atoms with van der Waals surface area (Å²) in [5.41, 5.74) is -0.826. The monoisotopic (exact) mass is 318 g/mol. The predicted octanol–water partition coefficient (Wildman–Crippen LogP) is -1.10. The molecule has 1 aromatic heterocycles. The number of carboxylic acids is 1. The highest BCUT2D eigenvalue weighted by atomic mass is 16.4. The molecule has 0 saturated heterocycles. The maximum absolute atomic E-state index is 12.4. The van der Waals surface area contributed by atoms with Crippen LogP contribution in [-0.4, -0.2) is 28.0 Å². The lowest BCUT2D eigenvalue weighted by molar-refractivity contribution is -0.305. The van der Waals surface area contributed by atoms with E-state index in [0.717, 1.165) is 4.57 Å². The van der Waals surface area contributed by atoms with Crippen LogP contribution in [-0.2, 0) is 9.59 Å². The van der Waals surface area contributed by atoms with E-state index in [9.17, 15) is 24.3 Å². The first-order chi connectivity index (χ1) is 10.9. The topological polar surface area (TPSA) is 124 Å². The average molecular weight is 318 g/mol. The van der Waals surface area contributed by atoms with Crippen molar-refractivity contribution in [3.63, 3.8) is 0 Å². The van der Waals surface area contributed by atoms with Crippen molar-refractivity contribution in [2.24, 2.45) is 0 Å². The first-order valence-corrected chi connectivity index (χ1v) is 7.13. The number of rotatable bonds is 6. The van der Waals surface area contributed by atoms with Gasteiger partial charge in [-0.25, -0.2) is 9.36 Å². The molecule has 0 aliphatic heterocycles. The van der Waals surface area contributed by atoms with Crippen molar-refractivity contribution in [2.45, 2.75) is 25.8 Å². The summed E-state index contributed by atoms with van der Waals surface area (Å²) < 4.78 is 0.844. The Bertz CT molecular complexity index is 852. The number of nitrogens with zero attached hydrogens (tertiary/aromatic N) is 1. The van der Waals surface area contributed by atoms with E-state index in [1.807, 2.05) is 0 Å². The maximum atomic E-state index is 12.4. The van der Waals surface area contributed by atoms with E-state index < -0.39 is 29.2 Å². The van der Waals surface area contributed by atoms with Crippen LogP contribution in [0.25, 0.3) is 10.9 Å². The van der Waals surface area contributed by atoms with Crippen molar-refractivity contribution in [1.29, 1.82) is 0 Å². The minimum absolute atomic E-state index is 0.122. The highest BCUT2D eigenvalue weighted by molar-refractivity contribution is 5.81. The zero-order valence-electron chi connectivity index (χ0n) is 12.5. The van der Waals surface area contributed by atoms with Crippen LogP contribution in [0.1, 0.15) is 25.8 Å². The molecule has 122 valence electrons. The Morgan fingerprint density at radius 1 is 1.30 bits per heavy atom. The Morgan fingerprint density at radius 3 is 2.70 bits per heavy atom. The summed E-state index contributed by atoms with van der Waals surface area (Å²) in [7, 11) is 0.